The average Bonchev–Trinajstić information content (AvgIpc) is 3.15. The van der Waals surface area contributed by atoms with Crippen molar-refractivity contribution in [2.45, 2.75) is 12.0 Å². The first kappa shape index (κ1) is 23.9. The Labute approximate surface area is 185 Å². The number of anilines is 1. The molecule has 1 aromatic rings. The molecule has 0 aliphatic carbocycles. The molecule has 160 valence electrons. The lowest BCUT2D eigenvalue weighted by molar-refractivity contribution is -0.108. The van der Waals surface area contributed by atoms with Crippen LogP contribution in [-0.4, -0.2) is 49.8 Å². The van der Waals surface area contributed by atoms with Gasteiger partial charge in [-0.05, 0) is 30.0 Å². The van der Waals surface area contributed by atoms with Crippen LogP contribution in [0.4, 0.5) is 10.1 Å². The Bertz CT molecular complexity index is 906. The van der Waals surface area contributed by atoms with Crippen molar-refractivity contribution in [3.05, 3.63) is 70.1 Å². The van der Waals surface area contributed by atoms with E-state index in [0.29, 0.717) is 29.8 Å². The molecule has 1 saturated heterocycles. The number of ether oxygens (including phenoxy) is 1. The van der Waals surface area contributed by atoms with Gasteiger partial charge in [0.2, 0.25) is 0 Å². The summed E-state index contributed by atoms with van der Waals surface area (Å²) in [5.74, 6) is -0.742. The van der Waals surface area contributed by atoms with E-state index < -0.39 is 11.4 Å². The highest BCUT2D eigenvalue weighted by molar-refractivity contribution is 6.44. The molecule has 0 amide bonds. The van der Waals surface area contributed by atoms with Gasteiger partial charge in [0.15, 0.2) is 6.29 Å². The molecule has 5 nitrogen and oxygen atoms in total. The van der Waals surface area contributed by atoms with Crippen LogP contribution in [0.25, 0.3) is 6.08 Å². The molecule has 1 unspecified atom stereocenters. The topological polar surface area (TPSA) is 58.6 Å². The summed E-state index contributed by atoms with van der Waals surface area (Å²) in [6.45, 7) is 7.73. The largest absolute Gasteiger partial charge is 0.379 e. The second-order valence-corrected chi connectivity index (χ2v) is 7.73. The highest BCUT2D eigenvalue weighted by atomic mass is 35.5. The van der Waals surface area contributed by atoms with Crippen LogP contribution in [0.3, 0.4) is 0 Å². The van der Waals surface area contributed by atoms with Crippen molar-refractivity contribution in [3.8, 4) is 0 Å². The lowest BCUT2D eigenvalue weighted by Crippen LogP contribution is -2.42. The van der Waals surface area contributed by atoms with E-state index in [-0.39, 0.29) is 28.8 Å². The third-order valence-electron chi connectivity index (χ3n) is 4.70. The lowest BCUT2D eigenvalue weighted by atomic mass is 9.86. The van der Waals surface area contributed by atoms with Crippen LogP contribution >= 0.6 is 23.2 Å². The van der Waals surface area contributed by atoms with E-state index in [1.165, 1.54) is 0 Å². The number of halogens is 3. The summed E-state index contributed by atoms with van der Waals surface area (Å²) >= 11 is 12.2. The predicted molar refractivity (Wildman–Crippen MR) is 119 cm³/mol. The summed E-state index contributed by atoms with van der Waals surface area (Å²) in [6, 6.07) is 5.15. The molecule has 2 rings (SSSR count). The summed E-state index contributed by atoms with van der Waals surface area (Å²) < 4.78 is 19.9. The Morgan fingerprint density at radius 3 is 2.60 bits per heavy atom. The first-order valence-corrected chi connectivity index (χ1v) is 9.86. The van der Waals surface area contributed by atoms with Crippen LogP contribution in [0.2, 0.25) is 0 Å². The second-order valence-electron chi connectivity index (χ2n) is 6.89. The van der Waals surface area contributed by atoms with Crippen molar-refractivity contribution >= 4 is 47.5 Å². The Morgan fingerprint density at radius 1 is 1.33 bits per heavy atom. The molecule has 0 spiro atoms. The van der Waals surface area contributed by atoms with Crippen LogP contribution in [0, 0.1) is 0 Å². The van der Waals surface area contributed by atoms with Crippen LogP contribution < -0.4 is 5.32 Å². The number of rotatable bonds is 10. The van der Waals surface area contributed by atoms with Gasteiger partial charge in [0.05, 0.1) is 28.8 Å². The van der Waals surface area contributed by atoms with Gasteiger partial charge in [0.25, 0.3) is 0 Å². The molecule has 30 heavy (non-hydrogen) atoms. The number of allylic oxidation sites excluding steroid dienone is 2. The van der Waals surface area contributed by atoms with E-state index in [2.05, 4.69) is 18.5 Å². The van der Waals surface area contributed by atoms with Gasteiger partial charge in [-0.3, -0.25) is 4.79 Å². The van der Waals surface area contributed by atoms with Crippen molar-refractivity contribution in [3.63, 3.8) is 0 Å². The SMILES string of the molecule is C=C(Cl)/C(Cl)=C(\C(=C)F)C1(Nc2ccc(/C=C\N(C)CC=O)c(C=O)c2)CCOC1. The van der Waals surface area contributed by atoms with Crippen molar-refractivity contribution in [2.75, 3.05) is 32.1 Å². The number of likely N-dealkylation sites (N-methyl/N-ethyl adjacent to an activating group) is 1. The predicted octanol–water partition coefficient (Wildman–Crippen LogP) is 4.90. The van der Waals surface area contributed by atoms with Gasteiger partial charge in [0, 0.05) is 36.9 Å². The van der Waals surface area contributed by atoms with Gasteiger partial charge in [-0.25, -0.2) is 4.39 Å². The number of hydrogen-bond donors (Lipinski definition) is 1. The number of carbonyl (C=O) groups is 2. The maximum Gasteiger partial charge on any atom is 0.150 e. The maximum absolute atomic E-state index is 14.4. The van der Waals surface area contributed by atoms with Crippen molar-refractivity contribution in [1.29, 1.82) is 0 Å². The normalized spacial score (nSPS) is 19.3. The number of carbonyl (C=O) groups excluding carboxylic acids is 2. The number of benzene rings is 1. The fourth-order valence-electron chi connectivity index (χ4n) is 3.22. The number of nitrogens with zero attached hydrogens (tertiary/aromatic N) is 1. The van der Waals surface area contributed by atoms with Crippen molar-refractivity contribution in [2.24, 2.45) is 0 Å². The molecule has 1 heterocycles. The third-order valence-corrected chi connectivity index (χ3v) is 5.40. The van der Waals surface area contributed by atoms with Crippen molar-refractivity contribution in [1.82, 2.24) is 4.90 Å². The van der Waals surface area contributed by atoms with Gasteiger partial charge < -0.3 is 19.7 Å². The lowest BCUT2D eigenvalue weighted by Gasteiger charge is -2.33. The molecular weight excluding hydrogens is 430 g/mol. The Kier molecular flexibility index (Phi) is 8.41. The number of nitrogens with one attached hydrogen (secondary N) is 1. The van der Waals surface area contributed by atoms with Crippen molar-refractivity contribution < 1.29 is 18.7 Å². The number of hydrogen-bond acceptors (Lipinski definition) is 5. The van der Waals surface area contributed by atoms with E-state index >= 15 is 0 Å². The van der Waals surface area contributed by atoms with E-state index in [1.807, 2.05) is 0 Å². The zero-order chi connectivity index (χ0) is 22.3. The van der Waals surface area contributed by atoms with E-state index in [1.54, 1.807) is 42.4 Å². The van der Waals surface area contributed by atoms with Gasteiger partial charge in [-0.1, -0.05) is 42.4 Å². The molecule has 8 heteroatoms. The van der Waals surface area contributed by atoms with Gasteiger partial charge in [0.1, 0.15) is 12.1 Å². The monoisotopic (exact) mass is 452 g/mol. The average molecular weight is 453 g/mol. The summed E-state index contributed by atoms with van der Waals surface area (Å²) in [6.07, 6.45) is 5.36. The van der Waals surface area contributed by atoms with E-state index in [0.717, 1.165) is 12.6 Å². The first-order chi connectivity index (χ1) is 14.2. The smallest absolute Gasteiger partial charge is 0.150 e. The minimum absolute atomic E-state index is 0.00736. The standard InChI is InChI=1S/C22H23Cl2FN2O3/c1-15(23)21(24)20(16(2)25)22(7-11-30-14-22)26-19-5-4-17(18(12-19)13-29)6-8-27(3)9-10-28/h4-6,8,10,12-13,26H,1-2,7,9,11,14H2,3H3/b8-6-,21-20-. The summed E-state index contributed by atoms with van der Waals surface area (Å²) in [7, 11) is 1.75. The molecule has 1 N–H and O–H groups in total. The van der Waals surface area contributed by atoms with Gasteiger partial charge in [-0.2, -0.15) is 0 Å². The van der Waals surface area contributed by atoms with Crippen LogP contribution in [0.1, 0.15) is 22.3 Å². The fraction of sp³-hybridized carbons (Fsp3) is 0.273. The second kappa shape index (κ2) is 10.6. The quantitative estimate of drug-likeness (QED) is 0.404. The van der Waals surface area contributed by atoms with Gasteiger partial charge >= 0.3 is 0 Å². The van der Waals surface area contributed by atoms with Crippen LogP contribution in [0.15, 0.2) is 59.0 Å². The van der Waals surface area contributed by atoms with Crippen LogP contribution in [0.5, 0.6) is 0 Å². The Hall–Kier alpha value is -2.41. The zero-order valence-corrected chi connectivity index (χ0v) is 18.1. The molecule has 1 aliphatic rings. The minimum Gasteiger partial charge on any atom is -0.379 e. The van der Waals surface area contributed by atoms with Gasteiger partial charge in [-0.15, -0.1) is 0 Å². The summed E-state index contributed by atoms with van der Waals surface area (Å²) in [4.78, 5) is 23.9. The fourth-order valence-corrected chi connectivity index (χ4v) is 3.59. The molecule has 0 bridgehead atoms. The first-order valence-electron chi connectivity index (χ1n) is 9.11. The summed E-state index contributed by atoms with van der Waals surface area (Å²) in [5.41, 5.74) is 0.728. The molecule has 1 aromatic carbocycles. The van der Waals surface area contributed by atoms with E-state index in [4.69, 9.17) is 27.9 Å². The molecule has 0 radical (unpaired) electrons. The van der Waals surface area contributed by atoms with Crippen LogP contribution in [-0.2, 0) is 9.53 Å². The molecule has 0 saturated carbocycles. The number of aldehydes is 2. The minimum atomic E-state index is -1.01. The van der Waals surface area contributed by atoms with E-state index in [9.17, 15) is 14.0 Å². The zero-order valence-electron chi connectivity index (χ0n) is 16.6. The third kappa shape index (κ3) is 5.59. The summed E-state index contributed by atoms with van der Waals surface area (Å²) in [5, 5.41) is 3.21. The molecule has 1 atom stereocenters. The highest BCUT2D eigenvalue weighted by Gasteiger charge is 2.42. The highest BCUT2D eigenvalue weighted by Crippen LogP contribution is 2.40. The molecule has 1 fully saturated rings. The molecule has 0 aromatic heterocycles. The Morgan fingerprint density at radius 2 is 2.07 bits per heavy atom. The Balaban J connectivity index is 2.42. The molecular formula is C22H23Cl2FN2O3. The maximum atomic E-state index is 14.4. The molecule has 1 aliphatic heterocycles.